The maximum Gasteiger partial charge on any atom is 0.422 e. The van der Waals surface area contributed by atoms with E-state index in [4.69, 9.17) is 14.2 Å². The predicted molar refractivity (Wildman–Crippen MR) is 141 cm³/mol. The molecule has 0 aliphatic carbocycles. The molecule has 0 spiro atoms. The van der Waals surface area contributed by atoms with Crippen molar-refractivity contribution in [2.45, 2.75) is 76.9 Å². The van der Waals surface area contributed by atoms with Gasteiger partial charge in [-0.25, -0.2) is 13.2 Å². The first kappa shape index (κ1) is 30.3. The number of hydrogen-bond acceptors (Lipinski definition) is 3. The Morgan fingerprint density at radius 2 is 1.55 bits per heavy atom. The largest absolute Gasteiger partial charge is 0.422 e. The summed E-state index contributed by atoms with van der Waals surface area (Å²) >= 11 is 0. The van der Waals surface area contributed by atoms with E-state index < -0.39 is 29.2 Å². The van der Waals surface area contributed by atoms with Gasteiger partial charge in [0.25, 0.3) is 0 Å². The van der Waals surface area contributed by atoms with E-state index in [2.05, 4.69) is 6.92 Å². The quantitative estimate of drug-likeness (QED) is 0.162. The molecule has 1 heterocycles. The number of aryl methyl sites for hydroxylation is 3. The molecule has 0 N–H and O–H groups in total. The van der Waals surface area contributed by atoms with Crippen molar-refractivity contribution < 1.29 is 40.6 Å². The molecule has 0 bridgehead atoms. The van der Waals surface area contributed by atoms with Crippen LogP contribution < -0.4 is 0 Å². The summed E-state index contributed by atoms with van der Waals surface area (Å²) in [5.41, 5.74) is -0.587. The van der Waals surface area contributed by atoms with Crippen molar-refractivity contribution >= 4 is 10.8 Å². The minimum Gasteiger partial charge on any atom is -0.373 e. The molecule has 3 aromatic rings. The van der Waals surface area contributed by atoms with E-state index in [1.807, 2.05) is 12.1 Å². The highest BCUT2D eigenvalue weighted by molar-refractivity contribution is 5.84. The van der Waals surface area contributed by atoms with E-state index >= 15 is 4.39 Å². The second-order valence-corrected chi connectivity index (χ2v) is 10.2. The summed E-state index contributed by atoms with van der Waals surface area (Å²) in [6.07, 6.45) is 0.486. The number of unbranched alkanes of at least 4 members (excludes halogenated alkanes) is 3. The first-order chi connectivity index (χ1) is 19.2. The third kappa shape index (κ3) is 7.98. The van der Waals surface area contributed by atoms with Crippen LogP contribution in [0.1, 0.15) is 61.3 Å². The molecule has 40 heavy (non-hydrogen) atoms. The summed E-state index contributed by atoms with van der Waals surface area (Å²) in [5.74, 6) is -3.82. The van der Waals surface area contributed by atoms with E-state index in [1.165, 1.54) is 12.8 Å². The summed E-state index contributed by atoms with van der Waals surface area (Å²) in [7, 11) is 0. The molecule has 9 heteroatoms. The van der Waals surface area contributed by atoms with E-state index in [0.29, 0.717) is 61.1 Å². The second kappa shape index (κ2) is 13.8. The number of fused-ring (bicyclic) bond motifs is 1. The topological polar surface area (TPSA) is 27.7 Å². The minimum absolute atomic E-state index is 0.0152. The van der Waals surface area contributed by atoms with Crippen molar-refractivity contribution in [1.82, 2.24) is 0 Å². The molecule has 0 saturated carbocycles. The molecule has 4 rings (SSSR count). The Bertz CT molecular complexity index is 1240. The molecule has 0 unspecified atom stereocenters. The second-order valence-electron chi connectivity index (χ2n) is 10.2. The van der Waals surface area contributed by atoms with Crippen molar-refractivity contribution in [2.24, 2.45) is 0 Å². The van der Waals surface area contributed by atoms with Crippen LogP contribution in [0.2, 0.25) is 0 Å². The normalized spacial score (nSPS) is 18.0. The van der Waals surface area contributed by atoms with Gasteiger partial charge in [-0.3, -0.25) is 0 Å². The molecule has 1 fully saturated rings. The zero-order valence-electron chi connectivity index (χ0n) is 22.5. The Hall–Kier alpha value is -2.62. The van der Waals surface area contributed by atoms with E-state index in [-0.39, 0.29) is 30.8 Å². The maximum absolute atomic E-state index is 15.2. The van der Waals surface area contributed by atoms with Gasteiger partial charge in [-0.15, -0.1) is 0 Å². The molecule has 3 aromatic carbocycles. The van der Waals surface area contributed by atoms with Crippen LogP contribution in [0.15, 0.2) is 42.5 Å². The maximum atomic E-state index is 15.2. The first-order valence-corrected chi connectivity index (χ1v) is 13.8. The minimum atomic E-state index is -5.13. The fourth-order valence-corrected chi connectivity index (χ4v) is 4.91. The summed E-state index contributed by atoms with van der Waals surface area (Å²) in [4.78, 5) is 0. The van der Waals surface area contributed by atoms with Crippen molar-refractivity contribution in [3.63, 3.8) is 0 Å². The monoisotopic (exact) mass is 568 g/mol. The van der Waals surface area contributed by atoms with Crippen LogP contribution in [0, 0.1) is 17.5 Å². The van der Waals surface area contributed by atoms with Gasteiger partial charge in [0.15, 0.2) is 6.29 Å². The van der Waals surface area contributed by atoms with Crippen LogP contribution in [0.4, 0.5) is 26.3 Å². The van der Waals surface area contributed by atoms with Gasteiger partial charge in [0, 0.05) is 18.4 Å². The number of rotatable bonds is 12. The number of hydrogen-bond donors (Lipinski definition) is 0. The fraction of sp³-hybridized carbons (Fsp3) is 0.484. The molecular weight excluding hydrogens is 534 g/mol. The molecule has 0 radical (unpaired) electrons. The van der Waals surface area contributed by atoms with Crippen LogP contribution in [0.3, 0.4) is 0 Å². The molecule has 218 valence electrons. The number of alkyl halides is 3. The summed E-state index contributed by atoms with van der Waals surface area (Å²) in [6, 6.07) is 10.1. The van der Waals surface area contributed by atoms with E-state index in [9.17, 15) is 22.0 Å². The summed E-state index contributed by atoms with van der Waals surface area (Å²) in [5, 5.41) is 1.10. The Labute approximate surface area is 230 Å². The van der Waals surface area contributed by atoms with Gasteiger partial charge in [0.05, 0.1) is 13.2 Å². The van der Waals surface area contributed by atoms with Gasteiger partial charge in [0.1, 0.15) is 29.1 Å². The van der Waals surface area contributed by atoms with Gasteiger partial charge in [-0.05, 0) is 59.9 Å². The molecule has 1 saturated heterocycles. The van der Waals surface area contributed by atoms with Crippen LogP contribution >= 0.6 is 0 Å². The van der Waals surface area contributed by atoms with E-state index in [0.717, 1.165) is 18.4 Å². The summed E-state index contributed by atoms with van der Waals surface area (Å²) in [6.45, 7) is 3.88. The SMILES string of the molecule is CCCCCCOC1COC(CCc2ccc3c(F)c(CCc4cc(F)c(C(F)(F)F)c(F)c4)ccc3c2)OC1. The molecule has 0 aromatic heterocycles. The third-order valence-electron chi connectivity index (χ3n) is 7.12. The molecule has 0 atom stereocenters. The van der Waals surface area contributed by atoms with Gasteiger partial charge < -0.3 is 14.2 Å². The smallest absolute Gasteiger partial charge is 0.373 e. The van der Waals surface area contributed by atoms with Gasteiger partial charge in [-0.2, -0.15) is 13.2 Å². The predicted octanol–water partition coefficient (Wildman–Crippen LogP) is 8.33. The third-order valence-corrected chi connectivity index (χ3v) is 7.12. The van der Waals surface area contributed by atoms with Crippen LogP contribution in [0.5, 0.6) is 0 Å². The van der Waals surface area contributed by atoms with Crippen LogP contribution in [0.25, 0.3) is 10.8 Å². The Morgan fingerprint density at radius 1 is 0.825 bits per heavy atom. The van der Waals surface area contributed by atoms with Crippen molar-refractivity contribution in [3.05, 3.63) is 82.2 Å². The molecule has 3 nitrogen and oxygen atoms in total. The standard InChI is InChI=1S/C31H34F6O3/c1-2-3-4-5-14-38-24-18-39-28(40-19-24)13-8-20-7-12-25-23(15-20)11-10-22(30(25)34)9-6-21-16-26(32)29(27(33)17-21)31(35,36)37/h7,10-12,15-17,24,28H,2-6,8-9,13-14,18-19H2,1H3. The van der Waals surface area contributed by atoms with Crippen molar-refractivity contribution in [2.75, 3.05) is 19.8 Å². The lowest BCUT2D eigenvalue weighted by molar-refractivity contribution is -0.227. The van der Waals surface area contributed by atoms with Crippen LogP contribution in [-0.2, 0) is 39.6 Å². The van der Waals surface area contributed by atoms with Crippen molar-refractivity contribution in [3.8, 4) is 0 Å². The lowest BCUT2D eigenvalue weighted by Gasteiger charge is -2.29. The number of benzene rings is 3. The zero-order chi connectivity index (χ0) is 28.7. The highest BCUT2D eigenvalue weighted by atomic mass is 19.4. The molecule has 1 aliphatic heterocycles. The van der Waals surface area contributed by atoms with Crippen LogP contribution in [-0.4, -0.2) is 32.2 Å². The zero-order valence-corrected chi connectivity index (χ0v) is 22.5. The van der Waals surface area contributed by atoms with Gasteiger partial charge in [0.2, 0.25) is 0 Å². The van der Waals surface area contributed by atoms with E-state index in [1.54, 1.807) is 18.2 Å². The first-order valence-electron chi connectivity index (χ1n) is 13.8. The molecule has 0 amide bonds. The number of ether oxygens (including phenoxy) is 3. The lowest BCUT2D eigenvalue weighted by atomic mass is 9.97. The van der Waals surface area contributed by atoms with Gasteiger partial charge >= 0.3 is 6.18 Å². The lowest BCUT2D eigenvalue weighted by Crippen LogP contribution is -2.37. The molecular formula is C31H34F6O3. The van der Waals surface area contributed by atoms with Crippen molar-refractivity contribution in [1.29, 1.82) is 0 Å². The Morgan fingerprint density at radius 3 is 2.23 bits per heavy atom. The fourth-order valence-electron chi connectivity index (χ4n) is 4.91. The highest BCUT2D eigenvalue weighted by Gasteiger charge is 2.37. The van der Waals surface area contributed by atoms with Gasteiger partial charge in [-0.1, -0.05) is 56.5 Å². The number of halogens is 6. The highest BCUT2D eigenvalue weighted by Crippen LogP contribution is 2.34. The Kier molecular flexibility index (Phi) is 10.5. The average molecular weight is 569 g/mol. The summed E-state index contributed by atoms with van der Waals surface area (Å²) < 4.78 is 98.8. The average Bonchev–Trinajstić information content (AvgIpc) is 2.91. The Balaban J connectivity index is 1.29. The molecule has 1 aliphatic rings.